The highest BCUT2D eigenvalue weighted by Gasteiger charge is 2.38. The van der Waals surface area contributed by atoms with E-state index in [4.69, 9.17) is 18.9 Å². The second kappa shape index (κ2) is 8.24. The van der Waals surface area contributed by atoms with Crippen molar-refractivity contribution in [2.45, 2.75) is 26.2 Å². The largest absolute Gasteiger partial charge is 0.496 e. The molecule has 9 nitrogen and oxygen atoms in total. The number of nitrogens with zero attached hydrogens (tertiary/aromatic N) is 1. The van der Waals surface area contributed by atoms with Gasteiger partial charge in [0.2, 0.25) is 0 Å². The summed E-state index contributed by atoms with van der Waals surface area (Å²) in [7, 11) is 1.47. The summed E-state index contributed by atoms with van der Waals surface area (Å²) in [6, 6.07) is 10.9. The van der Waals surface area contributed by atoms with Crippen molar-refractivity contribution < 1.29 is 33.5 Å². The van der Waals surface area contributed by atoms with Gasteiger partial charge in [-0.1, -0.05) is 18.2 Å². The van der Waals surface area contributed by atoms with Crippen molar-refractivity contribution in [2.24, 2.45) is 0 Å². The standard InChI is InChI=1S/C21H19NO8/c1-21(2)29-19(23)15(20(24)30-21)11-13-8-9-17(27-3)14(10-13)12-28-18-7-5-4-6-16(18)22(25)26/h4-11H,12H2,1-3H3. The molecule has 2 aromatic rings. The van der Waals surface area contributed by atoms with Crippen LogP contribution in [0.1, 0.15) is 25.0 Å². The van der Waals surface area contributed by atoms with E-state index in [0.717, 1.165) is 0 Å². The molecule has 3 rings (SSSR count). The predicted octanol–water partition coefficient (Wildman–Crippen LogP) is 3.40. The molecule has 0 aromatic heterocycles. The number of carbonyl (C=O) groups is 2. The number of nitro groups is 1. The third kappa shape index (κ3) is 4.57. The van der Waals surface area contributed by atoms with Crippen molar-refractivity contribution in [2.75, 3.05) is 7.11 Å². The topological polar surface area (TPSA) is 114 Å². The highest BCUT2D eigenvalue weighted by molar-refractivity contribution is 6.18. The van der Waals surface area contributed by atoms with Crippen LogP contribution in [0, 0.1) is 10.1 Å². The second-order valence-corrected chi connectivity index (χ2v) is 6.82. The number of esters is 2. The highest BCUT2D eigenvalue weighted by Crippen LogP contribution is 2.30. The summed E-state index contributed by atoms with van der Waals surface area (Å²) >= 11 is 0. The van der Waals surface area contributed by atoms with Crippen LogP contribution >= 0.6 is 0 Å². The molecule has 1 aliphatic rings. The number of carbonyl (C=O) groups excluding carboxylic acids is 2. The molecule has 1 aliphatic heterocycles. The number of benzene rings is 2. The molecule has 0 N–H and O–H groups in total. The zero-order valence-corrected chi connectivity index (χ0v) is 16.5. The Morgan fingerprint density at radius 3 is 2.37 bits per heavy atom. The van der Waals surface area contributed by atoms with Gasteiger partial charge >= 0.3 is 17.6 Å². The lowest BCUT2D eigenvalue weighted by molar-refractivity contribution is -0.385. The summed E-state index contributed by atoms with van der Waals surface area (Å²) in [6.45, 7) is 2.89. The van der Waals surface area contributed by atoms with Gasteiger partial charge in [0.25, 0.3) is 5.79 Å². The van der Waals surface area contributed by atoms with E-state index in [-0.39, 0.29) is 23.6 Å². The van der Waals surface area contributed by atoms with Gasteiger partial charge in [-0.2, -0.15) is 0 Å². The van der Waals surface area contributed by atoms with Crippen LogP contribution in [0.4, 0.5) is 5.69 Å². The molecule has 156 valence electrons. The van der Waals surface area contributed by atoms with Gasteiger partial charge in [0, 0.05) is 25.5 Å². The SMILES string of the molecule is COc1ccc(C=C2C(=O)OC(C)(C)OC2=O)cc1COc1ccccc1[N+](=O)[O-]. The van der Waals surface area contributed by atoms with Crippen LogP contribution in [-0.4, -0.2) is 29.8 Å². The fourth-order valence-corrected chi connectivity index (χ4v) is 2.83. The minimum atomic E-state index is -1.32. The Balaban J connectivity index is 1.87. The van der Waals surface area contributed by atoms with Crippen LogP contribution in [0.5, 0.6) is 11.5 Å². The molecule has 9 heteroatoms. The Bertz CT molecular complexity index is 1020. The first-order valence-electron chi connectivity index (χ1n) is 8.91. The minimum absolute atomic E-state index is 0.0348. The van der Waals surface area contributed by atoms with Crippen molar-refractivity contribution in [1.29, 1.82) is 0 Å². The van der Waals surface area contributed by atoms with Crippen LogP contribution < -0.4 is 9.47 Å². The summed E-state index contributed by atoms with van der Waals surface area (Å²) in [4.78, 5) is 34.9. The van der Waals surface area contributed by atoms with Crippen molar-refractivity contribution in [1.82, 2.24) is 0 Å². The fraction of sp³-hybridized carbons (Fsp3) is 0.238. The monoisotopic (exact) mass is 413 g/mol. The predicted molar refractivity (Wildman–Crippen MR) is 105 cm³/mol. The Hall–Kier alpha value is -3.88. The normalized spacial score (nSPS) is 15.1. The second-order valence-electron chi connectivity index (χ2n) is 6.82. The van der Waals surface area contributed by atoms with E-state index in [0.29, 0.717) is 16.9 Å². The zero-order valence-electron chi connectivity index (χ0n) is 16.5. The first-order chi connectivity index (χ1) is 14.2. The van der Waals surface area contributed by atoms with Crippen molar-refractivity contribution in [3.8, 4) is 11.5 Å². The summed E-state index contributed by atoms with van der Waals surface area (Å²) in [5.74, 6) is -2.32. The van der Waals surface area contributed by atoms with E-state index >= 15 is 0 Å². The zero-order chi connectivity index (χ0) is 21.9. The number of para-hydroxylation sites is 2. The Morgan fingerprint density at radius 1 is 1.07 bits per heavy atom. The van der Waals surface area contributed by atoms with Crippen LogP contribution in [0.25, 0.3) is 6.08 Å². The summed E-state index contributed by atoms with van der Waals surface area (Å²) in [5.41, 5.74) is 0.651. The maximum atomic E-state index is 12.1. The van der Waals surface area contributed by atoms with Gasteiger partial charge in [0.15, 0.2) is 5.75 Å². The van der Waals surface area contributed by atoms with Gasteiger partial charge in [-0.15, -0.1) is 0 Å². The smallest absolute Gasteiger partial charge is 0.348 e. The quantitative estimate of drug-likeness (QED) is 0.233. The average molecular weight is 413 g/mol. The maximum Gasteiger partial charge on any atom is 0.348 e. The van der Waals surface area contributed by atoms with Gasteiger partial charge in [-0.05, 0) is 29.8 Å². The maximum absolute atomic E-state index is 12.1. The molecular weight excluding hydrogens is 394 g/mol. The number of methoxy groups -OCH3 is 1. The lowest BCUT2D eigenvalue weighted by Gasteiger charge is -2.29. The molecule has 1 fully saturated rings. The number of cyclic esters (lactones) is 2. The van der Waals surface area contributed by atoms with Crippen LogP contribution in [0.3, 0.4) is 0 Å². The molecule has 0 spiro atoms. The van der Waals surface area contributed by atoms with Gasteiger partial charge in [-0.3, -0.25) is 10.1 Å². The van der Waals surface area contributed by atoms with Gasteiger partial charge in [0.1, 0.15) is 17.9 Å². The lowest BCUT2D eigenvalue weighted by Crippen LogP contribution is -2.41. The lowest BCUT2D eigenvalue weighted by atomic mass is 10.1. The summed E-state index contributed by atoms with van der Waals surface area (Å²) in [5, 5.41) is 11.1. The van der Waals surface area contributed by atoms with Crippen molar-refractivity contribution in [3.63, 3.8) is 0 Å². The minimum Gasteiger partial charge on any atom is -0.496 e. The van der Waals surface area contributed by atoms with Crippen LogP contribution in [0.2, 0.25) is 0 Å². The number of hydrogen-bond acceptors (Lipinski definition) is 8. The molecule has 0 unspecified atom stereocenters. The number of hydrogen-bond donors (Lipinski definition) is 0. The molecule has 0 bridgehead atoms. The molecule has 0 amide bonds. The van der Waals surface area contributed by atoms with E-state index in [1.165, 1.54) is 39.2 Å². The molecule has 0 radical (unpaired) electrons. The molecule has 0 aliphatic carbocycles. The Morgan fingerprint density at radius 2 is 1.73 bits per heavy atom. The van der Waals surface area contributed by atoms with E-state index in [1.54, 1.807) is 30.3 Å². The molecule has 1 saturated heterocycles. The number of nitro benzene ring substituents is 1. The highest BCUT2D eigenvalue weighted by atomic mass is 16.7. The van der Waals surface area contributed by atoms with E-state index in [1.807, 2.05) is 0 Å². The third-order valence-corrected chi connectivity index (χ3v) is 4.18. The van der Waals surface area contributed by atoms with Gasteiger partial charge in [0.05, 0.1) is 12.0 Å². The molecule has 30 heavy (non-hydrogen) atoms. The number of ether oxygens (including phenoxy) is 4. The average Bonchev–Trinajstić information content (AvgIpc) is 2.68. The Labute approximate surface area is 172 Å². The van der Waals surface area contributed by atoms with Gasteiger partial charge < -0.3 is 18.9 Å². The number of rotatable bonds is 6. The van der Waals surface area contributed by atoms with E-state index in [9.17, 15) is 19.7 Å². The van der Waals surface area contributed by atoms with E-state index < -0.39 is 22.6 Å². The molecule has 0 atom stereocenters. The molecule has 1 heterocycles. The summed E-state index contributed by atoms with van der Waals surface area (Å²) < 4.78 is 21.1. The first kappa shape index (κ1) is 20.8. The van der Waals surface area contributed by atoms with Crippen molar-refractivity contribution in [3.05, 3.63) is 69.3 Å². The van der Waals surface area contributed by atoms with Crippen molar-refractivity contribution >= 4 is 23.7 Å². The molecular formula is C21H19NO8. The van der Waals surface area contributed by atoms with E-state index in [2.05, 4.69) is 0 Å². The summed E-state index contributed by atoms with van der Waals surface area (Å²) in [6.07, 6.45) is 1.34. The molecule has 2 aromatic carbocycles. The van der Waals surface area contributed by atoms with Gasteiger partial charge in [-0.25, -0.2) is 9.59 Å². The molecule has 0 saturated carbocycles. The fourth-order valence-electron chi connectivity index (χ4n) is 2.83. The first-order valence-corrected chi connectivity index (χ1v) is 8.91. The van der Waals surface area contributed by atoms with Crippen LogP contribution in [-0.2, 0) is 25.7 Å². The third-order valence-electron chi connectivity index (χ3n) is 4.18. The Kier molecular flexibility index (Phi) is 5.72. The van der Waals surface area contributed by atoms with Crippen LogP contribution in [0.15, 0.2) is 48.0 Å².